The number of piperidine rings is 1. The summed E-state index contributed by atoms with van der Waals surface area (Å²) in [5.41, 5.74) is 0.990. The zero-order valence-electron chi connectivity index (χ0n) is 17.1. The highest BCUT2D eigenvalue weighted by Gasteiger charge is 2.42. The number of nitrogens with one attached hydrogen (secondary N) is 1. The van der Waals surface area contributed by atoms with Gasteiger partial charge in [-0.1, -0.05) is 17.4 Å². The van der Waals surface area contributed by atoms with E-state index in [-0.39, 0.29) is 18.1 Å². The second kappa shape index (κ2) is 10.2. The van der Waals surface area contributed by atoms with Gasteiger partial charge in [-0.25, -0.2) is 4.79 Å². The summed E-state index contributed by atoms with van der Waals surface area (Å²) in [5.74, 6) is -2.34. The lowest BCUT2D eigenvalue weighted by molar-refractivity contribution is -0.192. The van der Waals surface area contributed by atoms with Crippen LogP contribution in [0.3, 0.4) is 0 Å². The van der Waals surface area contributed by atoms with Gasteiger partial charge in [0, 0.05) is 32.0 Å². The van der Waals surface area contributed by atoms with Gasteiger partial charge in [-0.2, -0.15) is 13.2 Å². The van der Waals surface area contributed by atoms with Crippen LogP contribution in [0.15, 0.2) is 24.5 Å². The van der Waals surface area contributed by atoms with Gasteiger partial charge in [0.05, 0.1) is 6.10 Å². The third-order valence-corrected chi connectivity index (χ3v) is 5.96. The molecule has 0 aliphatic carbocycles. The summed E-state index contributed by atoms with van der Waals surface area (Å²) < 4.78 is 37.8. The van der Waals surface area contributed by atoms with Crippen LogP contribution in [0, 0.1) is 12.8 Å². The predicted molar refractivity (Wildman–Crippen MR) is 108 cm³/mol. The van der Waals surface area contributed by atoms with Crippen LogP contribution in [-0.4, -0.2) is 63.6 Å². The van der Waals surface area contributed by atoms with Crippen LogP contribution < -0.4 is 10.2 Å². The fourth-order valence-electron chi connectivity index (χ4n) is 3.49. The van der Waals surface area contributed by atoms with E-state index in [1.165, 1.54) is 0 Å². The summed E-state index contributed by atoms with van der Waals surface area (Å²) in [4.78, 5) is 27.6. The Bertz CT molecular complexity index is 927. The molecule has 174 valence electrons. The minimum absolute atomic E-state index is 0.0310. The number of nitrogens with zero attached hydrogens (tertiary/aromatic N) is 4. The van der Waals surface area contributed by atoms with E-state index < -0.39 is 12.1 Å². The highest BCUT2D eigenvalue weighted by molar-refractivity contribution is 7.15. The zero-order valence-corrected chi connectivity index (χ0v) is 17.9. The Morgan fingerprint density at radius 3 is 2.72 bits per heavy atom. The molecule has 0 aromatic carbocycles. The number of ether oxygens (including phenoxy) is 1. The fraction of sp³-hybridized carbons (Fsp3) is 0.526. The van der Waals surface area contributed by atoms with Gasteiger partial charge >= 0.3 is 12.1 Å². The van der Waals surface area contributed by atoms with Crippen molar-refractivity contribution in [1.82, 2.24) is 20.5 Å². The predicted octanol–water partition coefficient (Wildman–Crippen LogP) is 2.18. The van der Waals surface area contributed by atoms with Gasteiger partial charge in [0.25, 0.3) is 0 Å². The first-order chi connectivity index (χ1) is 15.1. The molecular formula is C19H22F3N5O4S. The number of aromatic nitrogens is 3. The van der Waals surface area contributed by atoms with Crippen molar-refractivity contribution in [3.05, 3.63) is 35.1 Å². The number of amides is 1. The van der Waals surface area contributed by atoms with Crippen LogP contribution >= 0.6 is 11.3 Å². The maximum absolute atomic E-state index is 12.4. The maximum Gasteiger partial charge on any atom is 0.490 e. The molecule has 0 unspecified atom stereocenters. The smallest absolute Gasteiger partial charge is 0.475 e. The molecule has 2 fully saturated rings. The van der Waals surface area contributed by atoms with Gasteiger partial charge in [0.15, 0.2) is 0 Å². The van der Waals surface area contributed by atoms with E-state index in [2.05, 4.69) is 25.4 Å². The first kappa shape index (κ1) is 23.9. The summed E-state index contributed by atoms with van der Waals surface area (Å²) in [6.07, 6.45) is -0.0454. The van der Waals surface area contributed by atoms with Crippen LogP contribution in [0.1, 0.15) is 23.4 Å². The molecule has 4 heterocycles. The number of carbonyl (C=O) groups excluding carboxylic acids is 1. The number of rotatable bonds is 4. The summed E-state index contributed by atoms with van der Waals surface area (Å²) in [6, 6.07) is 3.82. The van der Waals surface area contributed by atoms with E-state index in [0.29, 0.717) is 12.5 Å². The second-order valence-electron chi connectivity index (χ2n) is 7.38. The third-order valence-electron chi connectivity index (χ3n) is 5.06. The molecule has 2 aliphatic heterocycles. The number of pyridine rings is 1. The van der Waals surface area contributed by atoms with Crippen LogP contribution in [0.25, 0.3) is 0 Å². The van der Waals surface area contributed by atoms with Crippen molar-refractivity contribution in [2.75, 3.05) is 18.0 Å². The second-order valence-corrected chi connectivity index (χ2v) is 8.54. The number of anilines is 1. The Balaban J connectivity index is 0.000000360. The summed E-state index contributed by atoms with van der Waals surface area (Å²) in [5, 5.41) is 20.3. The Kier molecular flexibility index (Phi) is 7.61. The normalized spacial score (nSPS) is 22.5. The standard InChI is InChI=1S/C17H21N5O2S.C2HF3O2/c1-11-20-21-17(25-11)22-6-4-13-7-14(24-15(13)10-22)16(23)19-9-12-3-2-5-18-8-12;3-2(4,5)1(6)7/h2-3,5,8,13-15H,4,6-7,9-10H2,1H3,(H,19,23);(H,6,7)/t13-,14+,15+;/m0./s1. The molecule has 2 saturated heterocycles. The van der Waals surface area contributed by atoms with Crippen LogP contribution in [-0.2, 0) is 20.9 Å². The fourth-order valence-corrected chi connectivity index (χ4v) is 4.22. The van der Waals surface area contributed by atoms with Crippen molar-refractivity contribution in [3.8, 4) is 0 Å². The lowest BCUT2D eigenvalue weighted by atomic mass is 9.92. The number of halogens is 3. The summed E-state index contributed by atoms with van der Waals surface area (Å²) in [7, 11) is 0. The number of carbonyl (C=O) groups is 2. The maximum atomic E-state index is 12.4. The largest absolute Gasteiger partial charge is 0.490 e. The van der Waals surface area contributed by atoms with Gasteiger partial charge in [-0.15, -0.1) is 10.2 Å². The number of carboxylic acid groups (broad SMARTS) is 1. The van der Waals surface area contributed by atoms with E-state index in [1.807, 2.05) is 19.1 Å². The van der Waals surface area contributed by atoms with Gasteiger partial charge in [0.1, 0.15) is 11.1 Å². The van der Waals surface area contributed by atoms with Gasteiger partial charge in [0.2, 0.25) is 11.0 Å². The highest BCUT2D eigenvalue weighted by atomic mass is 32.1. The Hall–Kier alpha value is -2.80. The van der Waals surface area contributed by atoms with Crippen molar-refractivity contribution in [3.63, 3.8) is 0 Å². The molecule has 2 aliphatic rings. The van der Waals surface area contributed by atoms with Crippen molar-refractivity contribution < 1.29 is 32.6 Å². The van der Waals surface area contributed by atoms with E-state index in [9.17, 15) is 18.0 Å². The SMILES string of the molecule is Cc1nnc(N2CC[C@H]3C[C@H](C(=O)NCc4cccnc4)O[C@@H]3C2)s1.O=C(O)C(F)(F)F. The lowest BCUT2D eigenvalue weighted by Gasteiger charge is -2.33. The molecule has 0 bridgehead atoms. The molecule has 3 atom stereocenters. The lowest BCUT2D eigenvalue weighted by Crippen LogP contribution is -2.42. The molecule has 0 spiro atoms. The number of carboxylic acids is 1. The molecule has 2 N–H and O–H groups in total. The number of hydrogen-bond acceptors (Lipinski definition) is 8. The van der Waals surface area contributed by atoms with E-state index >= 15 is 0 Å². The monoisotopic (exact) mass is 473 g/mol. The Morgan fingerprint density at radius 1 is 1.38 bits per heavy atom. The average molecular weight is 473 g/mol. The van der Waals surface area contributed by atoms with Crippen LogP contribution in [0.2, 0.25) is 0 Å². The number of fused-ring (bicyclic) bond motifs is 1. The number of aliphatic carboxylic acids is 1. The van der Waals surface area contributed by atoms with E-state index in [4.69, 9.17) is 14.6 Å². The summed E-state index contributed by atoms with van der Waals surface area (Å²) in [6.45, 7) is 4.18. The van der Waals surface area contributed by atoms with Crippen molar-refractivity contribution in [2.24, 2.45) is 5.92 Å². The molecular weight excluding hydrogens is 451 g/mol. The first-order valence-corrected chi connectivity index (χ1v) is 10.6. The topological polar surface area (TPSA) is 118 Å². The minimum atomic E-state index is -5.08. The third kappa shape index (κ3) is 6.36. The number of aryl methyl sites for hydroxylation is 1. The molecule has 2 aromatic rings. The molecule has 13 heteroatoms. The van der Waals surface area contributed by atoms with Gasteiger partial charge in [-0.05, 0) is 37.3 Å². The molecule has 4 rings (SSSR count). The number of hydrogen-bond donors (Lipinski definition) is 2. The molecule has 9 nitrogen and oxygen atoms in total. The molecule has 2 aromatic heterocycles. The minimum Gasteiger partial charge on any atom is -0.475 e. The molecule has 1 amide bonds. The zero-order chi connectivity index (χ0) is 23.3. The average Bonchev–Trinajstić information content (AvgIpc) is 3.38. The molecule has 0 radical (unpaired) electrons. The first-order valence-electron chi connectivity index (χ1n) is 9.80. The van der Waals surface area contributed by atoms with Crippen LogP contribution in [0.4, 0.5) is 18.3 Å². The molecule has 0 saturated carbocycles. The Morgan fingerprint density at radius 2 is 2.12 bits per heavy atom. The van der Waals surface area contributed by atoms with Gasteiger partial charge < -0.3 is 20.1 Å². The number of alkyl halides is 3. The summed E-state index contributed by atoms with van der Waals surface area (Å²) >= 11 is 1.60. The van der Waals surface area contributed by atoms with Crippen LogP contribution in [0.5, 0.6) is 0 Å². The van der Waals surface area contributed by atoms with Crippen molar-refractivity contribution in [1.29, 1.82) is 0 Å². The van der Waals surface area contributed by atoms with Crippen molar-refractivity contribution in [2.45, 2.75) is 44.7 Å². The van der Waals surface area contributed by atoms with E-state index in [0.717, 1.165) is 41.6 Å². The van der Waals surface area contributed by atoms with Gasteiger partial charge in [-0.3, -0.25) is 9.78 Å². The highest BCUT2D eigenvalue weighted by Crippen LogP contribution is 2.35. The molecule has 32 heavy (non-hydrogen) atoms. The van der Waals surface area contributed by atoms with Crippen molar-refractivity contribution >= 4 is 28.3 Å². The van der Waals surface area contributed by atoms with E-state index in [1.54, 1.807) is 23.7 Å². The quantitative estimate of drug-likeness (QED) is 0.694. The Labute approximate surface area is 185 Å².